The van der Waals surface area contributed by atoms with Gasteiger partial charge in [0.1, 0.15) is 0 Å². The van der Waals surface area contributed by atoms with E-state index >= 15 is 0 Å². The Hall–Kier alpha value is -1.43. The van der Waals surface area contributed by atoms with Gasteiger partial charge in [0.25, 0.3) is 0 Å². The van der Waals surface area contributed by atoms with E-state index in [4.69, 9.17) is 18.9 Å². The summed E-state index contributed by atoms with van der Waals surface area (Å²) in [6.45, 7) is 4.96. The maximum Gasteiger partial charge on any atom is 0.338 e. The van der Waals surface area contributed by atoms with Crippen LogP contribution in [0.1, 0.15) is 27.9 Å². The third kappa shape index (κ3) is 6.71. The largest absolute Gasteiger partial charge is 0.465 e. The summed E-state index contributed by atoms with van der Waals surface area (Å²) in [5, 5.41) is 0. The van der Waals surface area contributed by atoms with E-state index in [1.54, 1.807) is 13.2 Å². The summed E-state index contributed by atoms with van der Waals surface area (Å²) in [6, 6.07) is 5.60. The van der Waals surface area contributed by atoms with Crippen LogP contribution in [-0.2, 0) is 25.6 Å². The monoisotopic (exact) mass is 296 g/mol. The average Bonchev–Trinajstić information content (AvgIpc) is 2.49. The SMILES string of the molecule is COCCOCCCOCc1ccc(C(=O)OC)c(C)c1. The Balaban J connectivity index is 2.24. The van der Waals surface area contributed by atoms with Gasteiger partial charge in [-0.1, -0.05) is 12.1 Å². The first-order chi connectivity index (χ1) is 10.2. The van der Waals surface area contributed by atoms with E-state index in [2.05, 4.69) is 0 Å². The third-order valence-corrected chi connectivity index (χ3v) is 2.97. The lowest BCUT2D eigenvalue weighted by Gasteiger charge is -2.08. The van der Waals surface area contributed by atoms with Gasteiger partial charge in [0.2, 0.25) is 0 Å². The number of aryl methyl sites for hydroxylation is 1. The normalized spacial score (nSPS) is 10.6. The van der Waals surface area contributed by atoms with Gasteiger partial charge in [-0.25, -0.2) is 4.79 Å². The molecule has 0 aliphatic heterocycles. The lowest BCUT2D eigenvalue weighted by Crippen LogP contribution is -2.06. The molecule has 118 valence electrons. The molecule has 0 atom stereocenters. The van der Waals surface area contributed by atoms with E-state index in [0.717, 1.165) is 17.5 Å². The highest BCUT2D eigenvalue weighted by atomic mass is 16.5. The van der Waals surface area contributed by atoms with E-state index in [9.17, 15) is 4.79 Å². The number of hydrogen-bond donors (Lipinski definition) is 0. The molecule has 1 aromatic rings. The first-order valence-corrected chi connectivity index (χ1v) is 7.01. The zero-order chi connectivity index (χ0) is 15.5. The van der Waals surface area contributed by atoms with E-state index in [0.29, 0.717) is 38.6 Å². The fraction of sp³-hybridized carbons (Fsp3) is 0.562. The molecular formula is C16H24O5. The quantitative estimate of drug-likeness (QED) is 0.490. The number of ether oxygens (including phenoxy) is 4. The van der Waals surface area contributed by atoms with Gasteiger partial charge in [-0.2, -0.15) is 0 Å². The second kappa shape index (κ2) is 10.3. The van der Waals surface area contributed by atoms with Crippen molar-refractivity contribution in [3.8, 4) is 0 Å². The van der Waals surface area contributed by atoms with E-state index in [1.807, 2.05) is 19.1 Å². The van der Waals surface area contributed by atoms with Crippen LogP contribution in [0.5, 0.6) is 0 Å². The smallest absolute Gasteiger partial charge is 0.338 e. The van der Waals surface area contributed by atoms with Crippen LogP contribution in [0.2, 0.25) is 0 Å². The minimum Gasteiger partial charge on any atom is -0.465 e. The minimum absolute atomic E-state index is 0.312. The highest BCUT2D eigenvalue weighted by molar-refractivity contribution is 5.90. The summed E-state index contributed by atoms with van der Waals surface area (Å²) in [6.07, 6.45) is 0.850. The molecule has 5 nitrogen and oxygen atoms in total. The standard InChI is InChI=1S/C16H24O5/c1-13-11-14(5-6-15(13)16(17)19-3)12-21-8-4-7-20-10-9-18-2/h5-6,11H,4,7-10,12H2,1-3H3. The molecule has 0 unspecified atom stereocenters. The maximum atomic E-state index is 11.5. The summed E-state index contributed by atoms with van der Waals surface area (Å²) in [7, 11) is 3.04. The van der Waals surface area contributed by atoms with Crippen molar-refractivity contribution in [1.82, 2.24) is 0 Å². The van der Waals surface area contributed by atoms with Crippen LogP contribution in [0.3, 0.4) is 0 Å². The molecule has 0 bridgehead atoms. The van der Waals surface area contributed by atoms with Crippen LogP contribution in [0.4, 0.5) is 0 Å². The number of benzene rings is 1. The molecule has 5 heteroatoms. The number of hydrogen-bond acceptors (Lipinski definition) is 5. The first-order valence-electron chi connectivity index (χ1n) is 7.01. The second-order valence-corrected chi connectivity index (χ2v) is 4.65. The molecule has 0 spiro atoms. The molecule has 1 rings (SSSR count). The Morgan fingerprint density at radius 2 is 1.81 bits per heavy atom. The predicted octanol–water partition coefficient (Wildman–Crippen LogP) is 2.35. The first kappa shape index (κ1) is 17.6. The molecule has 21 heavy (non-hydrogen) atoms. The number of carbonyl (C=O) groups excluding carboxylic acids is 1. The molecule has 0 saturated carbocycles. The third-order valence-electron chi connectivity index (χ3n) is 2.97. The number of esters is 1. The molecular weight excluding hydrogens is 272 g/mol. The van der Waals surface area contributed by atoms with Crippen molar-refractivity contribution in [3.05, 3.63) is 34.9 Å². The van der Waals surface area contributed by atoms with Gasteiger partial charge in [0.15, 0.2) is 0 Å². The van der Waals surface area contributed by atoms with Gasteiger partial charge in [-0.05, 0) is 30.5 Å². The summed E-state index contributed by atoms with van der Waals surface area (Å²) in [5.74, 6) is -0.312. The van der Waals surface area contributed by atoms with Crippen LogP contribution in [-0.4, -0.2) is 46.6 Å². The van der Waals surface area contributed by atoms with Crippen molar-refractivity contribution in [2.24, 2.45) is 0 Å². The van der Waals surface area contributed by atoms with Crippen LogP contribution >= 0.6 is 0 Å². The molecule has 0 radical (unpaired) electrons. The molecule has 0 N–H and O–H groups in total. The maximum absolute atomic E-state index is 11.5. The molecule has 0 fully saturated rings. The lowest BCUT2D eigenvalue weighted by atomic mass is 10.1. The highest BCUT2D eigenvalue weighted by Gasteiger charge is 2.09. The highest BCUT2D eigenvalue weighted by Crippen LogP contribution is 2.13. The van der Waals surface area contributed by atoms with E-state index in [-0.39, 0.29) is 5.97 Å². The second-order valence-electron chi connectivity index (χ2n) is 4.65. The summed E-state index contributed by atoms with van der Waals surface area (Å²) in [4.78, 5) is 11.5. The van der Waals surface area contributed by atoms with Crippen molar-refractivity contribution in [2.45, 2.75) is 20.0 Å². The number of methoxy groups -OCH3 is 2. The average molecular weight is 296 g/mol. The Bertz CT molecular complexity index is 431. The molecule has 0 heterocycles. The zero-order valence-electron chi connectivity index (χ0n) is 13.0. The Labute approximate surface area is 126 Å². The fourth-order valence-electron chi connectivity index (χ4n) is 1.85. The Morgan fingerprint density at radius 3 is 2.48 bits per heavy atom. The molecule has 0 saturated heterocycles. The van der Waals surface area contributed by atoms with Gasteiger partial charge >= 0.3 is 5.97 Å². The van der Waals surface area contributed by atoms with Gasteiger partial charge in [0.05, 0.1) is 32.5 Å². The molecule has 0 aliphatic rings. The van der Waals surface area contributed by atoms with Crippen LogP contribution in [0, 0.1) is 6.92 Å². The summed E-state index contributed by atoms with van der Waals surface area (Å²) >= 11 is 0. The Kier molecular flexibility index (Phi) is 8.66. The topological polar surface area (TPSA) is 54.0 Å². The van der Waals surface area contributed by atoms with Crippen LogP contribution in [0.25, 0.3) is 0 Å². The van der Waals surface area contributed by atoms with Gasteiger partial charge in [0, 0.05) is 20.3 Å². The van der Waals surface area contributed by atoms with Gasteiger partial charge in [-0.3, -0.25) is 0 Å². The molecule has 1 aromatic carbocycles. The Morgan fingerprint density at radius 1 is 1.05 bits per heavy atom. The van der Waals surface area contributed by atoms with Crippen molar-refractivity contribution in [2.75, 3.05) is 40.6 Å². The van der Waals surface area contributed by atoms with Crippen molar-refractivity contribution < 1.29 is 23.7 Å². The number of carbonyl (C=O) groups is 1. The van der Waals surface area contributed by atoms with Crippen LogP contribution in [0.15, 0.2) is 18.2 Å². The van der Waals surface area contributed by atoms with Crippen molar-refractivity contribution >= 4 is 5.97 Å². The van der Waals surface area contributed by atoms with Crippen molar-refractivity contribution in [3.63, 3.8) is 0 Å². The summed E-state index contributed by atoms with van der Waals surface area (Å²) < 4.78 is 20.5. The molecule has 0 amide bonds. The van der Waals surface area contributed by atoms with Gasteiger partial charge in [-0.15, -0.1) is 0 Å². The van der Waals surface area contributed by atoms with Gasteiger partial charge < -0.3 is 18.9 Å². The predicted molar refractivity (Wildman–Crippen MR) is 79.5 cm³/mol. The molecule has 0 aliphatic carbocycles. The van der Waals surface area contributed by atoms with Crippen molar-refractivity contribution in [1.29, 1.82) is 0 Å². The summed E-state index contributed by atoms with van der Waals surface area (Å²) in [5.41, 5.74) is 2.53. The minimum atomic E-state index is -0.312. The number of rotatable bonds is 10. The van der Waals surface area contributed by atoms with E-state index in [1.165, 1.54) is 7.11 Å². The lowest BCUT2D eigenvalue weighted by molar-refractivity contribution is 0.0483. The zero-order valence-corrected chi connectivity index (χ0v) is 13.0. The molecule has 0 aromatic heterocycles. The van der Waals surface area contributed by atoms with E-state index < -0.39 is 0 Å². The fourth-order valence-corrected chi connectivity index (χ4v) is 1.85. The van der Waals surface area contributed by atoms with Crippen LogP contribution < -0.4 is 0 Å².